The van der Waals surface area contributed by atoms with Crippen LogP contribution in [0, 0.1) is 25.5 Å². The van der Waals surface area contributed by atoms with E-state index < -0.39 is 17.5 Å². The highest BCUT2D eigenvalue weighted by Crippen LogP contribution is 2.25. The van der Waals surface area contributed by atoms with E-state index in [0.29, 0.717) is 16.8 Å². The van der Waals surface area contributed by atoms with E-state index >= 15 is 0 Å². The summed E-state index contributed by atoms with van der Waals surface area (Å²) in [6.07, 6.45) is -0.189. The van der Waals surface area contributed by atoms with Gasteiger partial charge in [0, 0.05) is 11.8 Å². The molecule has 21 heavy (non-hydrogen) atoms. The van der Waals surface area contributed by atoms with Crippen LogP contribution in [0.2, 0.25) is 0 Å². The second-order valence-corrected chi connectivity index (χ2v) is 4.91. The summed E-state index contributed by atoms with van der Waals surface area (Å²) in [4.78, 5) is 11.9. The van der Waals surface area contributed by atoms with Crippen molar-refractivity contribution < 1.29 is 18.7 Å². The Morgan fingerprint density at radius 3 is 2.52 bits per heavy atom. The molecule has 0 spiro atoms. The third-order valence-corrected chi connectivity index (χ3v) is 3.18. The van der Waals surface area contributed by atoms with Gasteiger partial charge in [-0.05, 0) is 48.7 Å². The van der Waals surface area contributed by atoms with Gasteiger partial charge >= 0.3 is 0 Å². The number of carbonyl (C=O) groups is 1. The van der Waals surface area contributed by atoms with Crippen LogP contribution in [0.3, 0.4) is 0 Å². The molecule has 110 valence electrons. The molecule has 0 aliphatic heterocycles. The molecule has 3 nitrogen and oxygen atoms in total. The fourth-order valence-corrected chi connectivity index (χ4v) is 1.97. The Morgan fingerprint density at radius 2 is 1.86 bits per heavy atom. The molecular formula is C16H15F2NO2. The lowest BCUT2D eigenvalue weighted by Gasteiger charge is -2.11. The minimum Gasteiger partial charge on any atom is -0.508 e. The van der Waals surface area contributed by atoms with E-state index in [4.69, 9.17) is 0 Å². The summed E-state index contributed by atoms with van der Waals surface area (Å²) in [6, 6.07) is 6.30. The Hall–Kier alpha value is -2.43. The van der Waals surface area contributed by atoms with E-state index in [0.717, 1.165) is 12.1 Å². The maximum atomic E-state index is 13.5. The normalized spacial score (nSPS) is 10.5. The maximum Gasteiger partial charge on any atom is 0.228 e. The van der Waals surface area contributed by atoms with Crippen molar-refractivity contribution in [2.45, 2.75) is 20.3 Å². The van der Waals surface area contributed by atoms with Crippen LogP contribution in [-0.2, 0) is 11.2 Å². The first-order chi connectivity index (χ1) is 9.86. The third-order valence-electron chi connectivity index (χ3n) is 3.18. The smallest absolute Gasteiger partial charge is 0.228 e. The number of nitrogens with one attached hydrogen (secondary N) is 1. The van der Waals surface area contributed by atoms with E-state index in [1.807, 2.05) is 0 Å². The second kappa shape index (κ2) is 5.91. The summed E-state index contributed by atoms with van der Waals surface area (Å²) >= 11 is 0. The van der Waals surface area contributed by atoms with E-state index in [9.17, 15) is 18.7 Å². The number of hydrogen-bond donors (Lipinski definition) is 2. The van der Waals surface area contributed by atoms with E-state index in [-0.39, 0.29) is 17.7 Å². The first-order valence-electron chi connectivity index (χ1n) is 6.41. The van der Waals surface area contributed by atoms with E-state index in [2.05, 4.69) is 5.32 Å². The number of aryl methyl sites for hydroxylation is 2. The highest BCUT2D eigenvalue weighted by atomic mass is 19.1. The fourth-order valence-electron chi connectivity index (χ4n) is 1.97. The van der Waals surface area contributed by atoms with Crippen LogP contribution in [0.15, 0.2) is 30.3 Å². The van der Waals surface area contributed by atoms with E-state index in [1.54, 1.807) is 26.0 Å². The summed E-state index contributed by atoms with van der Waals surface area (Å²) in [7, 11) is 0. The molecule has 2 N–H and O–H groups in total. The summed E-state index contributed by atoms with van der Waals surface area (Å²) in [5, 5.41) is 12.2. The molecule has 2 aromatic carbocycles. The zero-order valence-electron chi connectivity index (χ0n) is 11.7. The number of phenolic OH excluding ortho intramolecular Hbond substituents is 1. The number of phenols is 1. The van der Waals surface area contributed by atoms with Crippen molar-refractivity contribution in [3.05, 3.63) is 58.7 Å². The first kappa shape index (κ1) is 15.0. The van der Waals surface area contributed by atoms with Gasteiger partial charge in [-0.15, -0.1) is 0 Å². The zero-order chi connectivity index (χ0) is 15.6. The summed E-state index contributed by atoms with van der Waals surface area (Å²) in [6.45, 7) is 3.46. The van der Waals surface area contributed by atoms with Crippen LogP contribution in [0.5, 0.6) is 5.75 Å². The van der Waals surface area contributed by atoms with Gasteiger partial charge in [0.1, 0.15) is 17.4 Å². The van der Waals surface area contributed by atoms with Gasteiger partial charge in [-0.1, -0.05) is 6.07 Å². The van der Waals surface area contributed by atoms with Crippen LogP contribution in [-0.4, -0.2) is 11.0 Å². The van der Waals surface area contributed by atoms with Crippen LogP contribution >= 0.6 is 0 Å². The third kappa shape index (κ3) is 3.56. The molecule has 0 aliphatic rings. The molecule has 0 unspecified atom stereocenters. The molecule has 5 heteroatoms. The molecule has 0 fully saturated rings. The minimum absolute atomic E-state index is 0.127. The SMILES string of the molecule is Cc1cc(NC(=O)Cc2ccc(F)cc2F)c(C)cc1O. The number of amides is 1. The van der Waals surface area contributed by atoms with Gasteiger partial charge in [0.2, 0.25) is 5.91 Å². The first-order valence-corrected chi connectivity index (χ1v) is 6.41. The maximum absolute atomic E-state index is 13.5. The van der Waals surface area contributed by atoms with Crippen LogP contribution in [0.4, 0.5) is 14.5 Å². The zero-order valence-corrected chi connectivity index (χ0v) is 11.7. The molecule has 0 atom stereocenters. The fraction of sp³-hybridized carbons (Fsp3) is 0.188. The highest BCUT2D eigenvalue weighted by molar-refractivity contribution is 5.93. The van der Waals surface area contributed by atoms with Gasteiger partial charge in [-0.25, -0.2) is 8.78 Å². The Morgan fingerprint density at radius 1 is 1.14 bits per heavy atom. The van der Waals surface area contributed by atoms with Gasteiger partial charge in [-0.2, -0.15) is 0 Å². The van der Waals surface area contributed by atoms with Gasteiger partial charge in [0.05, 0.1) is 6.42 Å². The molecule has 0 saturated heterocycles. The standard InChI is InChI=1S/C16H15F2NO2/c1-9-6-15(20)10(2)5-14(9)19-16(21)7-11-3-4-12(17)8-13(11)18/h3-6,8,20H,7H2,1-2H3,(H,19,21). The molecule has 1 amide bonds. The molecule has 0 aliphatic carbocycles. The number of anilines is 1. The van der Waals surface area contributed by atoms with Crippen molar-refractivity contribution in [1.29, 1.82) is 0 Å². The number of rotatable bonds is 3. The molecular weight excluding hydrogens is 276 g/mol. The number of carbonyl (C=O) groups excluding carboxylic acids is 1. The van der Waals surface area contributed by atoms with Crippen molar-refractivity contribution in [2.24, 2.45) is 0 Å². The highest BCUT2D eigenvalue weighted by Gasteiger charge is 2.11. The van der Waals surface area contributed by atoms with Crippen LogP contribution in [0.25, 0.3) is 0 Å². The molecule has 0 heterocycles. The van der Waals surface area contributed by atoms with Crippen molar-refractivity contribution in [1.82, 2.24) is 0 Å². The predicted molar refractivity (Wildman–Crippen MR) is 76.3 cm³/mol. The van der Waals surface area contributed by atoms with Gasteiger partial charge in [0.25, 0.3) is 0 Å². The van der Waals surface area contributed by atoms with Crippen molar-refractivity contribution in [2.75, 3.05) is 5.32 Å². The lowest BCUT2D eigenvalue weighted by atomic mass is 10.1. The average molecular weight is 291 g/mol. The topological polar surface area (TPSA) is 49.3 Å². The van der Waals surface area contributed by atoms with Crippen LogP contribution in [0.1, 0.15) is 16.7 Å². The minimum atomic E-state index is -0.747. The molecule has 2 aromatic rings. The Balaban J connectivity index is 2.13. The molecule has 0 aromatic heterocycles. The second-order valence-electron chi connectivity index (χ2n) is 4.91. The van der Waals surface area contributed by atoms with Crippen LogP contribution < -0.4 is 5.32 Å². The van der Waals surface area contributed by atoms with E-state index in [1.165, 1.54) is 6.07 Å². The Labute approximate surface area is 121 Å². The largest absolute Gasteiger partial charge is 0.508 e. The predicted octanol–water partition coefficient (Wildman–Crippen LogP) is 3.47. The summed E-state index contributed by atoms with van der Waals surface area (Å²) < 4.78 is 26.3. The van der Waals surface area contributed by atoms with Gasteiger partial charge in [-0.3, -0.25) is 4.79 Å². The van der Waals surface area contributed by atoms with Crippen molar-refractivity contribution in [3.63, 3.8) is 0 Å². The lowest BCUT2D eigenvalue weighted by Crippen LogP contribution is -2.16. The molecule has 0 saturated carbocycles. The number of halogens is 2. The monoisotopic (exact) mass is 291 g/mol. The number of benzene rings is 2. The Bertz CT molecular complexity index is 699. The number of aromatic hydroxyl groups is 1. The molecule has 0 radical (unpaired) electrons. The summed E-state index contributed by atoms with van der Waals surface area (Å²) in [5.41, 5.74) is 2.01. The quantitative estimate of drug-likeness (QED) is 0.851. The van der Waals surface area contributed by atoms with Gasteiger partial charge < -0.3 is 10.4 Å². The molecule has 2 rings (SSSR count). The Kier molecular flexibility index (Phi) is 4.21. The molecule has 0 bridgehead atoms. The van der Waals surface area contributed by atoms with Crippen molar-refractivity contribution in [3.8, 4) is 5.75 Å². The lowest BCUT2D eigenvalue weighted by molar-refractivity contribution is -0.115. The average Bonchev–Trinajstić information content (AvgIpc) is 2.39. The van der Waals surface area contributed by atoms with Gasteiger partial charge in [0.15, 0.2) is 0 Å². The summed E-state index contributed by atoms with van der Waals surface area (Å²) in [5.74, 6) is -1.69. The van der Waals surface area contributed by atoms with Crippen molar-refractivity contribution >= 4 is 11.6 Å². The number of hydrogen-bond acceptors (Lipinski definition) is 2.